The SMILES string of the molecule is CNC(c1ncn[nH]1)c1cnccc1N. The molecule has 4 N–H and O–H groups in total. The van der Waals surface area contributed by atoms with Crippen molar-refractivity contribution in [3.05, 3.63) is 36.2 Å². The highest BCUT2D eigenvalue weighted by atomic mass is 15.2. The van der Waals surface area contributed by atoms with Crippen molar-refractivity contribution >= 4 is 5.69 Å². The van der Waals surface area contributed by atoms with Gasteiger partial charge in [0.05, 0.1) is 6.04 Å². The summed E-state index contributed by atoms with van der Waals surface area (Å²) in [5, 5.41) is 9.72. The minimum atomic E-state index is -0.110. The lowest BCUT2D eigenvalue weighted by Gasteiger charge is -2.14. The summed E-state index contributed by atoms with van der Waals surface area (Å²) in [6, 6.07) is 1.65. The number of hydrogen-bond acceptors (Lipinski definition) is 5. The summed E-state index contributed by atoms with van der Waals surface area (Å²) < 4.78 is 0. The van der Waals surface area contributed by atoms with Crippen LogP contribution < -0.4 is 11.1 Å². The van der Waals surface area contributed by atoms with Crippen molar-refractivity contribution in [1.29, 1.82) is 0 Å². The number of nitrogens with one attached hydrogen (secondary N) is 2. The third kappa shape index (κ3) is 1.79. The van der Waals surface area contributed by atoms with Gasteiger partial charge in [-0.15, -0.1) is 0 Å². The van der Waals surface area contributed by atoms with Crippen LogP contribution >= 0.6 is 0 Å². The molecule has 0 saturated heterocycles. The van der Waals surface area contributed by atoms with Crippen molar-refractivity contribution in [2.24, 2.45) is 0 Å². The first-order valence-electron chi connectivity index (χ1n) is 4.55. The molecule has 0 fully saturated rings. The number of anilines is 1. The molecule has 6 nitrogen and oxygen atoms in total. The molecule has 0 amide bonds. The van der Waals surface area contributed by atoms with Gasteiger partial charge >= 0.3 is 0 Å². The van der Waals surface area contributed by atoms with Crippen molar-refractivity contribution in [2.75, 3.05) is 12.8 Å². The van der Waals surface area contributed by atoms with Gasteiger partial charge in [0.1, 0.15) is 12.2 Å². The lowest BCUT2D eigenvalue weighted by Crippen LogP contribution is -2.20. The molecule has 6 heteroatoms. The highest BCUT2D eigenvalue weighted by molar-refractivity contribution is 5.47. The van der Waals surface area contributed by atoms with E-state index in [2.05, 4.69) is 25.5 Å². The molecule has 0 saturated carbocycles. The predicted octanol–water partition coefficient (Wildman–Crippen LogP) is 0.0907. The summed E-state index contributed by atoms with van der Waals surface area (Å²) in [7, 11) is 1.83. The molecule has 0 aromatic carbocycles. The van der Waals surface area contributed by atoms with E-state index in [1.165, 1.54) is 6.33 Å². The predicted molar refractivity (Wildman–Crippen MR) is 55.9 cm³/mol. The fourth-order valence-electron chi connectivity index (χ4n) is 1.45. The van der Waals surface area contributed by atoms with Crippen molar-refractivity contribution in [3.8, 4) is 0 Å². The molecule has 78 valence electrons. The molecule has 15 heavy (non-hydrogen) atoms. The Labute approximate surface area is 86.9 Å². The Morgan fingerprint density at radius 2 is 2.40 bits per heavy atom. The zero-order chi connectivity index (χ0) is 10.7. The van der Waals surface area contributed by atoms with Crippen molar-refractivity contribution in [3.63, 3.8) is 0 Å². The van der Waals surface area contributed by atoms with Crippen LogP contribution in [0.3, 0.4) is 0 Å². The molecule has 0 aliphatic carbocycles. The number of hydrogen-bond donors (Lipinski definition) is 3. The van der Waals surface area contributed by atoms with Gasteiger partial charge in [-0.1, -0.05) is 0 Å². The molecule has 0 aliphatic rings. The van der Waals surface area contributed by atoms with Crippen LogP contribution in [0.5, 0.6) is 0 Å². The summed E-state index contributed by atoms with van der Waals surface area (Å²) in [6.07, 6.45) is 4.84. The summed E-state index contributed by atoms with van der Waals surface area (Å²) in [4.78, 5) is 8.13. The van der Waals surface area contributed by atoms with Crippen LogP contribution in [0.1, 0.15) is 17.4 Å². The Morgan fingerprint density at radius 3 is 3.00 bits per heavy atom. The van der Waals surface area contributed by atoms with E-state index in [4.69, 9.17) is 5.73 Å². The van der Waals surface area contributed by atoms with Crippen LogP contribution in [0.2, 0.25) is 0 Å². The van der Waals surface area contributed by atoms with Gasteiger partial charge in [0.25, 0.3) is 0 Å². The smallest absolute Gasteiger partial charge is 0.146 e. The Morgan fingerprint density at radius 1 is 1.53 bits per heavy atom. The monoisotopic (exact) mass is 204 g/mol. The number of aromatic nitrogens is 4. The second-order valence-electron chi connectivity index (χ2n) is 3.10. The molecule has 2 rings (SSSR count). The van der Waals surface area contributed by atoms with Gasteiger partial charge in [-0.05, 0) is 13.1 Å². The van der Waals surface area contributed by atoms with Gasteiger partial charge in [0.15, 0.2) is 0 Å². The molecule has 0 spiro atoms. The van der Waals surface area contributed by atoms with Crippen molar-refractivity contribution < 1.29 is 0 Å². The largest absolute Gasteiger partial charge is 0.398 e. The molecule has 2 heterocycles. The molecular formula is C9H12N6. The van der Waals surface area contributed by atoms with Gasteiger partial charge in [-0.3, -0.25) is 10.1 Å². The van der Waals surface area contributed by atoms with Crippen LogP contribution in [0.15, 0.2) is 24.8 Å². The van der Waals surface area contributed by atoms with Gasteiger partial charge in [-0.2, -0.15) is 5.10 Å². The Hall–Kier alpha value is -1.95. The number of nitrogens with zero attached hydrogens (tertiary/aromatic N) is 3. The number of rotatable bonds is 3. The standard InChI is InChI=1S/C9H12N6/c1-11-8(9-13-5-14-15-9)6-4-12-3-2-7(6)10/h2-5,8,11H,1H3,(H2,10,12)(H,13,14,15). The summed E-state index contributed by atoms with van der Waals surface area (Å²) >= 11 is 0. The number of H-pyrrole nitrogens is 1. The molecule has 0 radical (unpaired) electrons. The second-order valence-corrected chi connectivity index (χ2v) is 3.10. The van der Waals surface area contributed by atoms with E-state index < -0.39 is 0 Å². The van der Waals surface area contributed by atoms with Crippen molar-refractivity contribution in [2.45, 2.75) is 6.04 Å². The maximum absolute atomic E-state index is 5.86. The Kier molecular flexibility index (Phi) is 2.59. The highest BCUT2D eigenvalue weighted by Crippen LogP contribution is 2.22. The third-order valence-corrected chi connectivity index (χ3v) is 2.19. The van der Waals surface area contributed by atoms with E-state index >= 15 is 0 Å². The summed E-state index contributed by atoms with van der Waals surface area (Å²) in [5.41, 5.74) is 7.43. The lowest BCUT2D eigenvalue weighted by molar-refractivity contribution is 0.649. The fraction of sp³-hybridized carbons (Fsp3) is 0.222. The first-order valence-corrected chi connectivity index (χ1v) is 4.55. The van der Waals surface area contributed by atoms with Gasteiger partial charge in [-0.25, -0.2) is 4.98 Å². The molecule has 2 aromatic rings. The summed E-state index contributed by atoms with van der Waals surface area (Å²) in [5.74, 6) is 0.720. The highest BCUT2D eigenvalue weighted by Gasteiger charge is 2.17. The third-order valence-electron chi connectivity index (χ3n) is 2.19. The molecule has 1 unspecified atom stereocenters. The number of nitrogen functional groups attached to an aromatic ring is 1. The quantitative estimate of drug-likeness (QED) is 0.659. The van der Waals surface area contributed by atoms with E-state index in [1.54, 1.807) is 18.5 Å². The van der Waals surface area contributed by atoms with Gasteiger partial charge in [0.2, 0.25) is 0 Å². The number of pyridine rings is 1. The molecular weight excluding hydrogens is 192 g/mol. The zero-order valence-electron chi connectivity index (χ0n) is 8.31. The van der Waals surface area contributed by atoms with Crippen LogP contribution in [-0.4, -0.2) is 27.2 Å². The molecule has 0 bridgehead atoms. The van der Waals surface area contributed by atoms with Crippen LogP contribution in [0.4, 0.5) is 5.69 Å². The minimum absolute atomic E-state index is 0.110. The molecule has 2 aromatic heterocycles. The first kappa shape index (κ1) is 9.60. The Bertz CT molecular complexity index is 424. The fourth-order valence-corrected chi connectivity index (χ4v) is 1.45. The summed E-state index contributed by atoms with van der Waals surface area (Å²) in [6.45, 7) is 0. The average Bonchev–Trinajstić information content (AvgIpc) is 2.75. The van der Waals surface area contributed by atoms with Crippen LogP contribution in [0.25, 0.3) is 0 Å². The van der Waals surface area contributed by atoms with Crippen LogP contribution in [0, 0.1) is 0 Å². The van der Waals surface area contributed by atoms with Crippen molar-refractivity contribution in [1.82, 2.24) is 25.5 Å². The maximum Gasteiger partial charge on any atom is 0.146 e. The lowest BCUT2D eigenvalue weighted by atomic mass is 10.1. The first-order chi connectivity index (χ1) is 7.33. The number of nitrogens with two attached hydrogens (primary N) is 1. The minimum Gasteiger partial charge on any atom is -0.398 e. The Balaban J connectivity index is 2.40. The van der Waals surface area contributed by atoms with E-state index in [9.17, 15) is 0 Å². The topological polar surface area (TPSA) is 92.5 Å². The average molecular weight is 204 g/mol. The van der Waals surface area contributed by atoms with E-state index in [-0.39, 0.29) is 6.04 Å². The van der Waals surface area contributed by atoms with Crippen LogP contribution in [-0.2, 0) is 0 Å². The molecule has 1 atom stereocenters. The van der Waals surface area contributed by atoms with E-state index in [0.29, 0.717) is 5.69 Å². The van der Waals surface area contributed by atoms with E-state index in [1.807, 2.05) is 7.05 Å². The second kappa shape index (κ2) is 4.05. The van der Waals surface area contributed by atoms with E-state index in [0.717, 1.165) is 11.4 Å². The maximum atomic E-state index is 5.86. The van der Waals surface area contributed by atoms with Gasteiger partial charge < -0.3 is 11.1 Å². The molecule has 0 aliphatic heterocycles. The number of aromatic amines is 1. The zero-order valence-corrected chi connectivity index (χ0v) is 8.31. The van der Waals surface area contributed by atoms with Gasteiger partial charge in [0, 0.05) is 23.6 Å². The normalized spacial score (nSPS) is 12.6.